The summed E-state index contributed by atoms with van der Waals surface area (Å²) in [5.74, 6) is -2.25. The van der Waals surface area contributed by atoms with Gasteiger partial charge in [-0.25, -0.2) is 4.98 Å². The monoisotopic (exact) mass is 505 g/mol. The Morgan fingerprint density at radius 1 is 1.11 bits per heavy atom. The third-order valence-electron chi connectivity index (χ3n) is 5.68. The molecule has 5 rings (SSSR count). The molecule has 1 amide bonds. The highest BCUT2D eigenvalue weighted by molar-refractivity contribution is 7.22. The Hall–Kier alpha value is -4.08. The number of carbonyl (C=O) groups is 2. The number of aliphatic hydroxyl groups excluding tert-OH is 1. The number of nitro benzene ring substituents is 1. The van der Waals surface area contributed by atoms with E-state index in [1.165, 1.54) is 34.4 Å². The average molecular weight is 506 g/mol. The molecule has 174 valence electrons. The fourth-order valence-electron chi connectivity index (χ4n) is 4.10. The predicted molar refractivity (Wildman–Crippen MR) is 134 cm³/mol. The lowest BCUT2D eigenvalue weighted by molar-refractivity contribution is -0.384. The molecule has 1 aliphatic rings. The van der Waals surface area contributed by atoms with Crippen LogP contribution in [0.3, 0.4) is 0 Å². The number of amides is 1. The maximum Gasteiger partial charge on any atom is 0.301 e. The van der Waals surface area contributed by atoms with Crippen LogP contribution in [0.4, 0.5) is 10.8 Å². The standard InChI is InChI=1S/C25H16ClN3O5S/c1-13-4-2-5-14(10-13)21-20(22(30)15-6-3-7-17(11-15)29(33)34)23(31)24(32)28(21)25-27-18-9-8-16(26)12-19(18)35-25/h2-12,21,30H,1H3/b22-20+. The van der Waals surface area contributed by atoms with E-state index in [-0.39, 0.29) is 22.0 Å². The molecule has 0 bridgehead atoms. The molecule has 35 heavy (non-hydrogen) atoms. The highest BCUT2D eigenvalue weighted by Gasteiger charge is 2.48. The largest absolute Gasteiger partial charge is 0.507 e. The minimum absolute atomic E-state index is 0.0611. The van der Waals surface area contributed by atoms with E-state index >= 15 is 0 Å². The van der Waals surface area contributed by atoms with Crippen molar-refractivity contribution in [1.82, 2.24) is 4.98 Å². The molecule has 8 nitrogen and oxygen atoms in total. The number of rotatable bonds is 4. The first kappa shape index (κ1) is 22.7. The van der Waals surface area contributed by atoms with E-state index in [4.69, 9.17) is 11.6 Å². The van der Waals surface area contributed by atoms with E-state index in [1.807, 2.05) is 19.1 Å². The number of thiazole rings is 1. The van der Waals surface area contributed by atoms with Gasteiger partial charge in [0.25, 0.3) is 11.5 Å². The van der Waals surface area contributed by atoms with Gasteiger partial charge in [0.2, 0.25) is 0 Å². The van der Waals surface area contributed by atoms with Crippen LogP contribution in [0.2, 0.25) is 5.02 Å². The summed E-state index contributed by atoms with van der Waals surface area (Å²) in [7, 11) is 0. The average Bonchev–Trinajstić information content (AvgIpc) is 3.36. The van der Waals surface area contributed by atoms with Crippen molar-refractivity contribution in [2.45, 2.75) is 13.0 Å². The second-order valence-corrected chi connectivity index (χ2v) is 9.44. The summed E-state index contributed by atoms with van der Waals surface area (Å²) in [5.41, 5.74) is 1.73. The Morgan fingerprint density at radius 3 is 2.63 bits per heavy atom. The molecule has 1 aromatic heterocycles. The SMILES string of the molecule is Cc1cccc(C2/C(=C(\O)c3cccc([N+](=O)[O-])c3)C(=O)C(=O)N2c2nc3ccc(Cl)cc3s2)c1. The minimum atomic E-state index is -0.981. The first-order valence-electron chi connectivity index (χ1n) is 10.4. The van der Waals surface area contributed by atoms with E-state index in [0.29, 0.717) is 16.1 Å². The van der Waals surface area contributed by atoms with Crippen molar-refractivity contribution < 1.29 is 19.6 Å². The number of ketones is 1. The number of non-ortho nitro benzene ring substituents is 1. The lowest BCUT2D eigenvalue weighted by Gasteiger charge is -2.23. The third kappa shape index (κ3) is 3.94. The molecule has 1 N–H and O–H groups in total. The van der Waals surface area contributed by atoms with Gasteiger partial charge in [-0.05, 0) is 30.7 Å². The van der Waals surface area contributed by atoms with Crippen molar-refractivity contribution in [2.75, 3.05) is 4.90 Å². The van der Waals surface area contributed by atoms with Crippen LogP contribution >= 0.6 is 22.9 Å². The zero-order valence-corrected chi connectivity index (χ0v) is 19.7. The highest BCUT2D eigenvalue weighted by atomic mass is 35.5. The van der Waals surface area contributed by atoms with Gasteiger partial charge in [0, 0.05) is 22.7 Å². The predicted octanol–water partition coefficient (Wildman–Crippen LogP) is 5.79. The van der Waals surface area contributed by atoms with Crippen molar-refractivity contribution in [2.24, 2.45) is 0 Å². The van der Waals surface area contributed by atoms with Crippen LogP contribution in [0.25, 0.3) is 16.0 Å². The van der Waals surface area contributed by atoms with Crippen LogP contribution in [-0.4, -0.2) is 26.7 Å². The Kier molecular flexibility index (Phi) is 5.58. The maximum atomic E-state index is 13.3. The Labute approximate surface area is 207 Å². The fraction of sp³-hybridized carbons (Fsp3) is 0.0800. The summed E-state index contributed by atoms with van der Waals surface area (Å²) < 4.78 is 0.732. The molecule has 0 saturated carbocycles. The molecule has 0 radical (unpaired) electrons. The summed E-state index contributed by atoms with van der Waals surface area (Å²) in [6, 6.07) is 16.7. The molecule has 1 atom stereocenters. The molecular weight excluding hydrogens is 490 g/mol. The Morgan fingerprint density at radius 2 is 1.89 bits per heavy atom. The van der Waals surface area contributed by atoms with Crippen molar-refractivity contribution >= 4 is 61.4 Å². The zero-order valence-electron chi connectivity index (χ0n) is 18.1. The van der Waals surface area contributed by atoms with Crippen molar-refractivity contribution in [1.29, 1.82) is 0 Å². The number of anilines is 1. The van der Waals surface area contributed by atoms with Gasteiger partial charge in [0.1, 0.15) is 5.76 Å². The van der Waals surface area contributed by atoms with Crippen LogP contribution in [-0.2, 0) is 9.59 Å². The highest BCUT2D eigenvalue weighted by Crippen LogP contribution is 2.44. The lowest BCUT2D eigenvalue weighted by Crippen LogP contribution is -2.29. The summed E-state index contributed by atoms with van der Waals surface area (Å²) in [4.78, 5) is 43.0. The molecule has 1 aliphatic heterocycles. The van der Waals surface area contributed by atoms with Crippen LogP contribution in [0.15, 0.2) is 72.3 Å². The maximum absolute atomic E-state index is 13.3. The van der Waals surface area contributed by atoms with Crippen LogP contribution in [0, 0.1) is 17.0 Å². The number of fused-ring (bicyclic) bond motifs is 1. The number of carbonyl (C=O) groups excluding carboxylic acids is 2. The molecule has 0 aliphatic carbocycles. The number of halogens is 1. The first-order chi connectivity index (χ1) is 16.7. The molecule has 3 aromatic carbocycles. The van der Waals surface area contributed by atoms with Gasteiger partial charge in [-0.2, -0.15) is 0 Å². The van der Waals surface area contributed by atoms with Crippen LogP contribution in [0.5, 0.6) is 0 Å². The molecular formula is C25H16ClN3O5S. The fourth-order valence-corrected chi connectivity index (χ4v) is 5.37. The number of Topliss-reactive ketones (excluding diaryl/α,β-unsaturated/α-hetero) is 1. The first-order valence-corrected chi connectivity index (χ1v) is 11.6. The number of hydrogen-bond acceptors (Lipinski definition) is 7. The quantitative estimate of drug-likeness (QED) is 0.123. The van der Waals surface area contributed by atoms with Crippen molar-refractivity contribution in [3.05, 3.63) is 104 Å². The number of aromatic nitrogens is 1. The number of aliphatic hydroxyl groups is 1. The summed E-state index contributed by atoms with van der Waals surface area (Å²) in [5, 5.41) is 23.2. The second kappa shape index (κ2) is 8.61. The summed E-state index contributed by atoms with van der Waals surface area (Å²) in [6.45, 7) is 1.87. The smallest absolute Gasteiger partial charge is 0.301 e. The van der Waals surface area contributed by atoms with E-state index < -0.39 is 28.4 Å². The number of hydrogen-bond donors (Lipinski definition) is 1. The van der Waals surface area contributed by atoms with E-state index in [9.17, 15) is 24.8 Å². The van der Waals surface area contributed by atoms with Gasteiger partial charge in [-0.1, -0.05) is 64.9 Å². The number of nitro groups is 1. The van der Waals surface area contributed by atoms with Gasteiger partial charge in [0.05, 0.1) is 26.8 Å². The molecule has 2 heterocycles. The van der Waals surface area contributed by atoms with Gasteiger partial charge >= 0.3 is 5.91 Å². The van der Waals surface area contributed by atoms with Gasteiger partial charge in [-0.3, -0.25) is 24.6 Å². The van der Waals surface area contributed by atoms with Crippen molar-refractivity contribution in [3.63, 3.8) is 0 Å². The molecule has 1 fully saturated rings. The third-order valence-corrected chi connectivity index (χ3v) is 6.93. The summed E-state index contributed by atoms with van der Waals surface area (Å²) in [6.07, 6.45) is 0. The normalized spacial score (nSPS) is 17.3. The number of aryl methyl sites for hydroxylation is 1. The minimum Gasteiger partial charge on any atom is -0.507 e. The van der Waals surface area contributed by atoms with Gasteiger partial charge in [-0.15, -0.1) is 0 Å². The van der Waals surface area contributed by atoms with Crippen molar-refractivity contribution in [3.8, 4) is 0 Å². The Balaban J connectivity index is 1.74. The van der Waals surface area contributed by atoms with E-state index in [2.05, 4.69) is 4.98 Å². The van der Waals surface area contributed by atoms with Crippen LogP contribution in [0.1, 0.15) is 22.7 Å². The summed E-state index contributed by atoms with van der Waals surface area (Å²) >= 11 is 7.30. The van der Waals surface area contributed by atoms with Gasteiger partial charge in [0.15, 0.2) is 5.13 Å². The molecule has 4 aromatic rings. The zero-order chi connectivity index (χ0) is 24.9. The van der Waals surface area contributed by atoms with E-state index in [1.54, 1.807) is 30.3 Å². The molecule has 1 saturated heterocycles. The molecule has 0 spiro atoms. The lowest BCUT2D eigenvalue weighted by atomic mass is 9.94. The molecule has 10 heteroatoms. The Bertz CT molecular complexity index is 1580. The van der Waals surface area contributed by atoms with Gasteiger partial charge < -0.3 is 5.11 Å². The van der Waals surface area contributed by atoms with Crippen LogP contribution < -0.4 is 4.90 Å². The van der Waals surface area contributed by atoms with E-state index in [0.717, 1.165) is 16.3 Å². The second-order valence-electron chi connectivity index (χ2n) is 8.00. The number of benzene rings is 3. The number of nitrogens with zero attached hydrogens (tertiary/aromatic N) is 3. The topological polar surface area (TPSA) is 114 Å². The molecule has 1 unspecified atom stereocenters.